The molecule has 0 aromatic carbocycles. The average Bonchev–Trinajstić information content (AvgIpc) is 2.38. The number of nitrogens with zero attached hydrogens (tertiary/aromatic N) is 4. The fourth-order valence-corrected chi connectivity index (χ4v) is 3.45. The van der Waals surface area contributed by atoms with Gasteiger partial charge in [0, 0.05) is 50.9 Å². The molecule has 0 bridgehead atoms. The molecule has 3 rings (SSSR count). The van der Waals surface area contributed by atoms with Crippen LogP contribution in [0.15, 0.2) is 6.07 Å². The van der Waals surface area contributed by atoms with Gasteiger partial charge < -0.3 is 10.0 Å². The lowest BCUT2D eigenvalue weighted by Gasteiger charge is -2.46. The van der Waals surface area contributed by atoms with Gasteiger partial charge in [0.05, 0.1) is 6.10 Å². The Morgan fingerprint density at radius 3 is 2.57 bits per heavy atom. The van der Waals surface area contributed by atoms with E-state index in [0.717, 1.165) is 43.3 Å². The van der Waals surface area contributed by atoms with Gasteiger partial charge in [-0.1, -0.05) is 12.8 Å². The van der Waals surface area contributed by atoms with E-state index in [2.05, 4.69) is 14.9 Å². The SMILES string of the molecule is Cc1cc(N(C)C)nc(C2CN([C@H]3CCCC[C@H]3O)C2)n1. The van der Waals surface area contributed by atoms with Crippen LogP contribution in [0.4, 0.5) is 5.82 Å². The summed E-state index contributed by atoms with van der Waals surface area (Å²) >= 11 is 0. The van der Waals surface area contributed by atoms with E-state index in [0.29, 0.717) is 12.0 Å². The van der Waals surface area contributed by atoms with Gasteiger partial charge in [-0.05, 0) is 19.8 Å². The van der Waals surface area contributed by atoms with Gasteiger partial charge in [0.25, 0.3) is 0 Å². The maximum Gasteiger partial charge on any atom is 0.136 e. The predicted octanol–water partition coefficient (Wildman–Crippen LogP) is 1.55. The fourth-order valence-electron chi connectivity index (χ4n) is 3.45. The Bertz CT molecular complexity index is 499. The van der Waals surface area contributed by atoms with Gasteiger partial charge in [-0.25, -0.2) is 9.97 Å². The van der Waals surface area contributed by atoms with Crippen molar-refractivity contribution < 1.29 is 5.11 Å². The van der Waals surface area contributed by atoms with E-state index in [1.807, 2.05) is 32.0 Å². The highest BCUT2D eigenvalue weighted by Gasteiger charge is 2.38. The molecule has 2 atom stereocenters. The second-order valence-electron chi connectivity index (χ2n) is 6.69. The van der Waals surface area contributed by atoms with E-state index in [4.69, 9.17) is 0 Å². The molecule has 0 amide bonds. The van der Waals surface area contributed by atoms with Crippen LogP contribution in [0.3, 0.4) is 0 Å². The first-order valence-corrected chi connectivity index (χ1v) is 7.99. The average molecular weight is 290 g/mol. The highest BCUT2D eigenvalue weighted by Crippen LogP contribution is 2.33. The zero-order valence-electron chi connectivity index (χ0n) is 13.3. The molecule has 1 saturated carbocycles. The standard InChI is InChI=1S/C16H26N4O/c1-11-8-15(19(2)3)18-16(17-11)12-9-20(10-12)13-6-4-5-7-14(13)21/h8,12-14,21H,4-7,9-10H2,1-3H3/t13-,14+/m0/s1. The molecular formula is C16H26N4O. The van der Waals surface area contributed by atoms with Gasteiger partial charge in [0.2, 0.25) is 0 Å². The first-order valence-electron chi connectivity index (χ1n) is 7.99. The monoisotopic (exact) mass is 290 g/mol. The minimum Gasteiger partial charge on any atom is -0.391 e. The van der Waals surface area contributed by atoms with Crippen LogP contribution in [0.2, 0.25) is 0 Å². The lowest BCUT2D eigenvalue weighted by molar-refractivity contribution is -0.0200. The van der Waals surface area contributed by atoms with Gasteiger partial charge in [-0.3, -0.25) is 4.90 Å². The Hall–Kier alpha value is -1.20. The lowest BCUT2D eigenvalue weighted by Crippen LogP contribution is -2.56. The minimum atomic E-state index is -0.143. The van der Waals surface area contributed by atoms with Gasteiger partial charge >= 0.3 is 0 Å². The molecule has 2 heterocycles. The van der Waals surface area contributed by atoms with E-state index < -0.39 is 0 Å². The van der Waals surface area contributed by atoms with Crippen LogP contribution in [0.1, 0.15) is 43.1 Å². The van der Waals surface area contributed by atoms with E-state index in [9.17, 15) is 5.11 Å². The van der Waals surface area contributed by atoms with Crippen LogP contribution in [0.5, 0.6) is 0 Å². The second-order valence-corrected chi connectivity index (χ2v) is 6.69. The van der Waals surface area contributed by atoms with Crippen LogP contribution in [-0.2, 0) is 0 Å². The van der Waals surface area contributed by atoms with Crippen molar-refractivity contribution in [1.29, 1.82) is 0 Å². The van der Waals surface area contributed by atoms with Crippen LogP contribution in [-0.4, -0.2) is 59.3 Å². The molecule has 116 valence electrons. The summed E-state index contributed by atoms with van der Waals surface area (Å²) < 4.78 is 0. The molecule has 0 unspecified atom stereocenters. The third-order valence-electron chi connectivity index (χ3n) is 4.75. The molecule has 21 heavy (non-hydrogen) atoms. The maximum atomic E-state index is 10.1. The smallest absolute Gasteiger partial charge is 0.136 e. The number of aromatic nitrogens is 2. The zero-order chi connectivity index (χ0) is 15.0. The number of hydrogen-bond donors (Lipinski definition) is 1. The van der Waals surface area contributed by atoms with Crippen LogP contribution in [0.25, 0.3) is 0 Å². The molecule has 1 aliphatic carbocycles. The molecule has 2 fully saturated rings. The number of likely N-dealkylation sites (tertiary alicyclic amines) is 1. The van der Waals surface area contributed by atoms with E-state index in [1.54, 1.807) is 0 Å². The third-order valence-corrected chi connectivity index (χ3v) is 4.75. The van der Waals surface area contributed by atoms with E-state index >= 15 is 0 Å². The van der Waals surface area contributed by atoms with E-state index in [1.165, 1.54) is 12.8 Å². The molecule has 5 heteroatoms. The highest BCUT2D eigenvalue weighted by molar-refractivity contribution is 5.38. The van der Waals surface area contributed by atoms with E-state index in [-0.39, 0.29) is 6.10 Å². The summed E-state index contributed by atoms with van der Waals surface area (Å²) in [6, 6.07) is 2.37. The van der Waals surface area contributed by atoms with Crippen molar-refractivity contribution in [2.75, 3.05) is 32.1 Å². The molecular weight excluding hydrogens is 264 g/mol. The number of aliphatic hydroxyl groups is 1. The highest BCUT2D eigenvalue weighted by atomic mass is 16.3. The molecule has 5 nitrogen and oxygen atoms in total. The van der Waals surface area contributed by atoms with Crippen LogP contribution < -0.4 is 4.90 Å². The van der Waals surface area contributed by atoms with Crippen molar-refractivity contribution >= 4 is 5.82 Å². The minimum absolute atomic E-state index is 0.143. The summed E-state index contributed by atoms with van der Waals surface area (Å²) in [6.45, 7) is 4.00. The quantitative estimate of drug-likeness (QED) is 0.915. The number of anilines is 1. The number of aliphatic hydroxyl groups excluding tert-OH is 1. The summed E-state index contributed by atoms with van der Waals surface area (Å²) in [5, 5.41) is 10.1. The molecule has 1 aromatic rings. The largest absolute Gasteiger partial charge is 0.391 e. The molecule has 0 radical (unpaired) electrons. The van der Waals surface area contributed by atoms with Gasteiger partial charge in [-0.15, -0.1) is 0 Å². The summed E-state index contributed by atoms with van der Waals surface area (Å²) in [4.78, 5) is 13.7. The third kappa shape index (κ3) is 3.04. The van der Waals surface area contributed by atoms with Crippen LogP contribution in [0, 0.1) is 6.92 Å². The molecule has 1 aliphatic heterocycles. The molecule has 2 aliphatic rings. The maximum absolute atomic E-state index is 10.1. The summed E-state index contributed by atoms with van der Waals surface area (Å²) in [6.07, 6.45) is 4.36. The van der Waals surface area contributed by atoms with Gasteiger partial charge in [-0.2, -0.15) is 0 Å². The summed E-state index contributed by atoms with van der Waals surface area (Å²) in [5.41, 5.74) is 1.03. The summed E-state index contributed by atoms with van der Waals surface area (Å²) in [5.74, 6) is 2.35. The number of rotatable bonds is 3. The van der Waals surface area contributed by atoms with Crippen LogP contribution >= 0.6 is 0 Å². The van der Waals surface area contributed by atoms with Crippen molar-refractivity contribution in [3.05, 3.63) is 17.6 Å². The Balaban J connectivity index is 1.65. The van der Waals surface area contributed by atoms with Gasteiger partial charge in [0.15, 0.2) is 0 Å². The Kier molecular flexibility index (Phi) is 4.13. The predicted molar refractivity (Wildman–Crippen MR) is 83.7 cm³/mol. The first-order chi connectivity index (χ1) is 10.0. The Morgan fingerprint density at radius 2 is 1.90 bits per heavy atom. The Morgan fingerprint density at radius 1 is 1.19 bits per heavy atom. The summed E-state index contributed by atoms with van der Waals surface area (Å²) in [7, 11) is 4.02. The molecule has 1 N–H and O–H groups in total. The van der Waals surface area contributed by atoms with Crippen molar-refractivity contribution in [2.45, 2.75) is 50.7 Å². The molecule has 1 saturated heterocycles. The topological polar surface area (TPSA) is 52.5 Å². The van der Waals surface area contributed by atoms with Crippen molar-refractivity contribution in [3.63, 3.8) is 0 Å². The molecule has 1 aromatic heterocycles. The second kappa shape index (κ2) is 5.89. The Labute approximate surface area is 127 Å². The first kappa shape index (κ1) is 14.7. The zero-order valence-corrected chi connectivity index (χ0v) is 13.3. The number of hydrogen-bond acceptors (Lipinski definition) is 5. The normalized spacial score (nSPS) is 27.4. The lowest BCUT2D eigenvalue weighted by atomic mass is 9.87. The van der Waals surface area contributed by atoms with Crippen molar-refractivity contribution in [2.24, 2.45) is 0 Å². The fraction of sp³-hybridized carbons (Fsp3) is 0.750. The molecule has 0 spiro atoms. The van der Waals surface area contributed by atoms with Crippen molar-refractivity contribution in [3.8, 4) is 0 Å². The van der Waals surface area contributed by atoms with Crippen molar-refractivity contribution in [1.82, 2.24) is 14.9 Å². The van der Waals surface area contributed by atoms with Gasteiger partial charge in [0.1, 0.15) is 11.6 Å². The number of aryl methyl sites for hydroxylation is 1.